The Morgan fingerprint density at radius 1 is 0.943 bits per heavy atom. The van der Waals surface area contributed by atoms with Gasteiger partial charge in [-0.15, -0.1) is 0 Å². The lowest BCUT2D eigenvalue weighted by Crippen LogP contribution is -2.52. The zero-order valence-electron chi connectivity index (χ0n) is 20.2. The van der Waals surface area contributed by atoms with Gasteiger partial charge in [0.25, 0.3) is 5.91 Å². The molecule has 0 bridgehead atoms. The van der Waals surface area contributed by atoms with Crippen LogP contribution >= 0.6 is 11.6 Å². The average Bonchev–Trinajstić information content (AvgIpc) is 2.85. The summed E-state index contributed by atoms with van der Waals surface area (Å²) >= 11 is 6.20. The highest BCUT2D eigenvalue weighted by molar-refractivity contribution is 6.32. The molecule has 0 unspecified atom stereocenters. The number of nitrogens with one attached hydrogen (secondary N) is 1. The molecule has 0 fully saturated rings. The summed E-state index contributed by atoms with van der Waals surface area (Å²) < 4.78 is 11.1. The van der Waals surface area contributed by atoms with Gasteiger partial charge in [0, 0.05) is 19.0 Å². The van der Waals surface area contributed by atoms with E-state index in [4.69, 9.17) is 21.1 Å². The second-order valence-corrected chi connectivity index (χ2v) is 8.87. The summed E-state index contributed by atoms with van der Waals surface area (Å²) in [7, 11) is 1.59. The number of rotatable bonds is 11. The number of para-hydroxylation sites is 1. The number of nitrogens with zero attached hydrogens (tertiary/aromatic N) is 1. The summed E-state index contributed by atoms with van der Waals surface area (Å²) in [5.41, 5.74) is 1.79. The standard InChI is InChI=1S/C28H31ClN2O4/c1-20(2)30-28(33)25(17-21-10-5-4-6-11-21)31(18-22-12-9-13-23(16-22)34-3)27(32)19-35-26-15-8-7-14-24(26)29/h4-16,20,25H,17-19H2,1-3H3,(H,30,33)/t25-/m1/s1. The number of methoxy groups -OCH3 is 1. The molecule has 3 rings (SSSR count). The Hall–Kier alpha value is -3.51. The van der Waals surface area contributed by atoms with Gasteiger partial charge in [-0.2, -0.15) is 0 Å². The number of amides is 2. The summed E-state index contributed by atoms with van der Waals surface area (Å²) in [5, 5.41) is 3.39. The van der Waals surface area contributed by atoms with Crippen molar-refractivity contribution >= 4 is 23.4 Å². The van der Waals surface area contributed by atoms with E-state index in [9.17, 15) is 9.59 Å². The minimum atomic E-state index is -0.742. The molecule has 1 N–H and O–H groups in total. The molecule has 0 spiro atoms. The molecule has 0 heterocycles. The lowest BCUT2D eigenvalue weighted by atomic mass is 10.0. The van der Waals surface area contributed by atoms with Crippen molar-refractivity contribution in [2.75, 3.05) is 13.7 Å². The number of benzene rings is 3. The van der Waals surface area contributed by atoms with Crippen molar-refractivity contribution in [1.29, 1.82) is 0 Å². The molecule has 1 atom stereocenters. The molecular formula is C28H31ClN2O4. The first-order valence-electron chi connectivity index (χ1n) is 11.5. The van der Waals surface area contributed by atoms with Gasteiger partial charge in [0.15, 0.2) is 6.61 Å². The third-order valence-electron chi connectivity index (χ3n) is 5.38. The average molecular weight is 495 g/mol. The largest absolute Gasteiger partial charge is 0.497 e. The molecule has 0 saturated heterocycles. The molecule has 0 radical (unpaired) electrons. The molecule has 3 aromatic carbocycles. The summed E-state index contributed by atoms with van der Waals surface area (Å²) in [6, 6.07) is 23.3. The van der Waals surface area contributed by atoms with Gasteiger partial charge in [-0.25, -0.2) is 0 Å². The van der Waals surface area contributed by atoms with E-state index in [0.717, 1.165) is 11.1 Å². The summed E-state index contributed by atoms with van der Waals surface area (Å²) in [4.78, 5) is 28.5. The Bertz CT molecular complexity index is 1120. The summed E-state index contributed by atoms with van der Waals surface area (Å²) in [5.74, 6) is 0.536. The second-order valence-electron chi connectivity index (χ2n) is 8.46. The topological polar surface area (TPSA) is 67.9 Å². The first-order valence-corrected chi connectivity index (χ1v) is 11.9. The van der Waals surface area contributed by atoms with Crippen LogP contribution in [0.25, 0.3) is 0 Å². The van der Waals surface area contributed by atoms with Crippen LogP contribution in [0.2, 0.25) is 5.02 Å². The molecule has 0 aliphatic heterocycles. The van der Waals surface area contributed by atoms with Crippen molar-refractivity contribution in [2.45, 2.75) is 38.9 Å². The highest BCUT2D eigenvalue weighted by atomic mass is 35.5. The van der Waals surface area contributed by atoms with E-state index in [1.807, 2.05) is 68.4 Å². The quantitative estimate of drug-likeness (QED) is 0.412. The van der Waals surface area contributed by atoms with Crippen molar-refractivity contribution in [1.82, 2.24) is 10.2 Å². The van der Waals surface area contributed by atoms with Crippen LogP contribution in [0, 0.1) is 0 Å². The van der Waals surface area contributed by atoms with Crippen LogP contribution in [0.5, 0.6) is 11.5 Å². The Balaban J connectivity index is 1.93. The molecule has 184 valence electrons. The highest BCUT2D eigenvalue weighted by Crippen LogP contribution is 2.24. The molecule has 35 heavy (non-hydrogen) atoms. The van der Waals surface area contributed by atoms with E-state index in [1.54, 1.807) is 36.3 Å². The van der Waals surface area contributed by atoms with Crippen LogP contribution in [0.1, 0.15) is 25.0 Å². The van der Waals surface area contributed by atoms with Gasteiger partial charge in [-0.05, 0) is 49.2 Å². The van der Waals surface area contributed by atoms with Gasteiger partial charge in [-0.3, -0.25) is 9.59 Å². The fourth-order valence-corrected chi connectivity index (χ4v) is 3.88. The third-order valence-corrected chi connectivity index (χ3v) is 5.69. The van der Waals surface area contributed by atoms with Crippen LogP contribution < -0.4 is 14.8 Å². The number of hydrogen-bond acceptors (Lipinski definition) is 4. The van der Waals surface area contributed by atoms with Crippen LogP contribution in [0.4, 0.5) is 0 Å². The van der Waals surface area contributed by atoms with Gasteiger partial charge in [0.05, 0.1) is 12.1 Å². The Labute approximate surface area is 211 Å². The number of hydrogen-bond donors (Lipinski definition) is 1. The van der Waals surface area contributed by atoms with Gasteiger partial charge in [0.2, 0.25) is 5.91 Å². The van der Waals surface area contributed by atoms with E-state index < -0.39 is 6.04 Å². The molecule has 0 aliphatic rings. The number of halogens is 1. The molecule has 2 amide bonds. The first-order chi connectivity index (χ1) is 16.9. The fourth-order valence-electron chi connectivity index (χ4n) is 3.69. The molecule has 0 aliphatic carbocycles. The molecule has 0 saturated carbocycles. The van der Waals surface area contributed by atoms with Gasteiger partial charge in [0.1, 0.15) is 17.5 Å². The Kier molecular flexibility index (Phi) is 9.56. The molecule has 6 nitrogen and oxygen atoms in total. The smallest absolute Gasteiger partial charge is 0.261 e. The first kappa shape index (κ1) is 26.1. The number of ether oxygens (including phenoxy) is 2. The van der Waals surface area contributed by atoms with Crippen LogP contribution in [0.15, 0.2) is 78.9 Å². The minimum absolute atomic E-state index is 0.0751. The maximum absolute atomic E-state index is 13.6. The van der Waals surface area contributed by atoms with Gasteiger partial charge < -0.3 is 19.7 Å². The predicted molar refractivity (Wildman–Crippen MR) is 138 cm³/mol. The van der Waals surface area contributed by atoms with Crippen LogP contribution in [0.3, 0.4) is 0 Å². The maximum Gasteiger partial charge on any atom is 0.261 e. The van der Waals surface area contributed by atoms with Gasteiger partial charge >= 0.3 is 0 Å². The fraction of sp³-hybridized carbons (Fsp3) is 0.286. The van der Waals surface area contributed by atoms with E-state index in [0.29, 0.717) is 22.9 Å². The zero-order valence-corrected chi connectivity index (χ0v) is 21.0. The number of carbonyl (C=O) groups excluding carboxylic acids is 2. The zero-order chi connectivity index (χ0) is 25.2. The number of carbonyl (C=O) groups is 2. The predicted octanol–water partition coefficient (Wildman–Crippen LogP) is 4.89. The SMILES string of the molecule is COc1cccc(CN(C(=O)COc2ccccc2Cl)[C@H](Cc2ccccc2)C(=O)NC(C)C)c1. The lowest BCUT2D eigenvalue weighted by molar-refractivity contribution is -0.143. The molecule has 0 aromatic heterocycles. The Morgan fingerprint density at radius 2 is 1.63 bits per heavy atom. The van der Waals surface area contributed by atoms with E-state index in [2.05, 4.69) is 5.32 Å². The second kappa shape index (κ2) is 12.8. The van der Waals surface area contributed by atoms with E-state index in [1.165, 1.54) is 0 Å². The maximum atomic E-state index is 13.6. The summed E-state index contributed by atoms with van der Waals surface area (Å²) in [6.07, 6.45) is 0.362. The normalized spacial score (nSPS) is 11.6. The van der Waals surface area contributed by atoms with E-state index >= 15 is 0 Å². The van der Waals surface area contributed by atoms with Crippen molar-refractivity contribution in [2.24, 2.45) is 0 Å². The Morgan fingerprint density at radius 3 is 2.31 bits per heavy atom. The minimum Gasteiger partial charge on any atom is -0.497 e. The molecule has 7 heteroatoms. The van der Waals surface area contributed by atoms with E-state index in [-0.39, 0.29) is 31.0 Å². The van der Waals surface area contributed by atoms with Gasteiger partial charge in [-0.1, -0.05) is 66.2 Å². The highest BCUT2D eigenvalue weighted by Gasteiger charge is 2.31. The van der Waals surface area contributed by atoms with Crippen molar-refractivity contribution in [3.63, 3.8) is 0 Å². The third kappa shape index (κ3) is 7.76. The monoisotopic (exact) mass is 494 g/mol. The van der Waals surface area contributed by atoms with Crippen LogP contribution in [-0.2, 0) is 22.6 Å². The van der Waals surface area contributed by atoms with Crippen molar-refractivity contribution in [3.05, 3.63) is 95.0 Å². The van der Waals surface area contributed by atoms with Crippen LogP contribution in [-0.4, -0.2) is 42.5 Å². The van der Waals surface area contributed by atoms with Crippen molar-refractivity contribution < 1.29 is 19.1 Å². The lowest BCUT2D eigenvalue weighted by Gasteiger charge is -2.32. The molecular weight excluding hydrogens is 464 g/mol. The summed E-state index contributed by atoms with van der Waals surface area (Å²) in [6.45, 7) is 3.75. The van der Waals surface area contributed by atoms with Crippen molar-refractivity contribution in [3.8, 4) is 11.5 Å². The molecule has 3 aromatic rings.